The fourth-order valence-electron chi connectivity index (χ4n) is 1.16. The molecule has 1 rings (SSSR count). The number of thiophene rings is 1. The fraction of sp³-hybridized carbons (Fsp3) is 0.273. The smallest absolute Gasteiger partial charge is 0.331 e. The Morgan fingerprint density at radius 1 is 1.50 bits per heavy atom. The maximum Gasteiger partial charge on any atom is 0.331 e. The van der Waals surface area contributed by atoms with Crippen molar-refractivity contribution in [2.75, 3.05) is 0 Å². The van der Waals surface area contributed by atoms with E-state index < -0.39 is 12.0 Å². The zero-order valence-corrected chi connectivity index (χ0v) is 9.88. The number of hydrogen-bond acceptors (Lipinski definition) is 3. The Bertz CT molecular complexity index is 405. The van der Waals surface area contributed by atoms with E-state index in [9.17, 15) is 9.59 Å². The van der Waals surface area contributed by atoms with E-state index in [-0.39, 0.29) is 5.91 Å². The molecule has 0 fully saturated rings. The van der Waals surface area contributed by atoms with Crippen LogP contribution in [0.3, 0.4) is 0 Å². The van der Waals surface area contributed by atoms with Gasteiger partial charge in [0.25, 0.3) is 0 Å². The average molecular weight is 239 g/mol. The monoisotopic (exact) mass is 239 g/mol. The number of aliphatic carboxylic acids is 1. The van der Waals surface area contributed by atoms with Crippen LogP contribution in [-0.4, -0.2) is 17.0 Å². The van der Waals surface area contributed by atoms with Crippen LogP contribution in [-0.2, 0) is 9.59 Å². The molecule has 0 radical (unpaired) electrons. The number of nitrogens with one attached hydrogen (secondary N) is 1. The average Bonchev–Trinajstić information content (AvgIpc) is 2.64. The van der Waals surface area contributed by atoms with E-state index in [1.54, 1.807) is 31.4 Å². The first-order valence-electron chi connectivity index (χ1n) is 4.72. The number of hydrogen-bond donors (Lipinski definition) is 2. The quantitative estimate of drug-likeness (QED) is 0.789. The second-order valence-corrected chi connectivity index (χ2v) is 4.50. The van der Waals surface area contributed by atoms with Gasteiger partial charge in [-0.1, -0.05) is 11.6 Å². The molecule has 1 heterocycles. The minimum Gasteiger partial charge on any atom is -0.479 e. The highest BCUT2D eigenvalue weighted by molar-refractivity contribution is 7.10. The highest BCUT2D eigenvalue weighted by Gasteiger charge is 2.21. The zero-order valence-electron chi connectivity index (χ0n) is 9.06. The Morgan fingerprint density at radius 3 is 2.62 bits per heavy atom. The van der Waals surface area contributed by atoms with E-state index in [4.69, 9.17) is 5.11 Å². The molecule has 0 aromatic carbocycles. The molecule has 0 aliphatic heterocycles. The van der Waals surface area contributed by atoms with E-state index in [0.717, 1.165) is 5.57 Å². The SMILES string of the molecule is CC(C)=CC(=O)NC(C(=O)O)c1cccs1. The van der Waals surface area contributed by atoms with Crippen LogP contribution < -0.4 is 5.32 Å². The van der Waals surface area contributed by atoms with E-state index in [0.29, 0.717) is 4.88 Å². The Labute approximate surface area is 97.6 Å². The number of carbonyl (C=O) groups excluding carboxylic acids is 1. The van der Waals surface area contributed by atoms with Gasteiger partial charge in [0.2, 0.25) is 5.91 Å². The molecule has 1 amide bonds. The lowest BCUT2D eigenvalue weighted by Gasteiger charge is -2.11. The summed E-state index contributed by atoms with van der Waals surface area (Å²) >= 11 is 1.30. The summed E-state index contributed by atoms with van der Waals surface area (Å²) in [5, 5.41) is 13.2. The summed E-state index contributed by atoms with van der Waals surface area (Å²) in [5.74, 6) is -1.45. The summed E-state index contributed by atoms with van der Waals surface area (Å²) in [6, 6.07) is 2.47. The van der Waals surface area contributed by atoms with Crippen LogP contribution in [0.25, 0.3) is 0 Å². The van der Waals surface area contributed by atoms with Crippen molar-refractivity contribution in [3.05, 3.63) is 34.0 Å². The molecule has 0 saturated carbocycles. The molecule has 5 heteroatoms. The molecule has 0 saturated heterocycles. The number of amides is 1. The van der Waals surface area contributed by atoms with Gasteiger partial charge in [0.1, 0.15) is 0 Å². The molecule has 0 aliphatic carbocycles. The first-order valence-corrected chi connectivity index (χ1v) is 5.60. The van der Waals surface area contributed by atoms with Crippen molar-refractivity contribution in [2.45, 2.75) is 19.9 Å². The molecular formula is C11H13NO3S. The third-order valence-electron chi connectivity index (χ3n) is 1.78. The Balaban J connectivity index is 2.78. The summed E-state index contributed by atoms with van der Waals surface area (Å²) < 4.78 is 0. The van der Waals surface area contributed by atoms with Gasteiger partial charge in [0.15, 0.2) is 6.04 Å². The first-order chi connectivity index (χ1) is 7.50. The zero-order chi connectivity index (χ0) is 12.1. The summed E-state index contributed by atoms with van der Waals surface area (Å²) in [7, 11) is 0. The van der Waals surface area contributed by atoms with Crippen molar-refractivity contribution in [1.82, 2.24) is 5.32 Å². The second-order valence-electron chi connectivity index (χ2n) is 3.52. The van der Waals surface area contributed by atoms with Crippen molar-refractivity contribution >= 4 is 23.2 Å². The summed E-state index contributed by atoms with van der Waals surface area (Å²) in [6.07, 6.45) is 1.38. The fourth-order valence-corrected chi connectivity index (χ4v) is 1.92. The van der Waals surface area contributed by atoms with Gasteiger partial charge in [-0.3, -0.25) is 4.79 Å². The van der Waals surface area contributed by atoms with Crippen LogP contribution in [0.4, 0.5) is 0 Å². The van der Waals surface area contributed by atoms with Crippen LogP contribution in [0.2, 0.25) is 0 Å². The molecule has 0 aliphatic rings. The van der Waals surface area contributed by atoms with Gasteiger partial charge in [-0.05, 0) is 25.3 Å². The molecule has 1 aromatic rings. The van der Waals surface area contributed by atoms with Crippen LogP contribution in [0.15, 0.2) is 29.2 Å². The number of carboxylic acid groups (broad SMARTS) is 1. The molecule has 1 atom stereocenters. The first kappa shape index (κ1) is 12.4. The van der Waals surface area contributed by atoms with Crippen LogP contribution >= 0.6 is 11.3 Å². The Hall–Kier alpha value is -1.62. The number of rotatable bonds is 4. The van der Waals surface area contributed by atoms with E-state index in [1.165, 1.54) is 17.4 Å². The lowest BCUT2D eigenvalue weighted by atomic mass is 10.2. The molecule has 86 valence electrons. The topological polar surface area (TPSA) is 66.4 Å². The second kappa shape index (κ2) is 5.46. The lowest BCUT2D eigenvalue weighted by molar-refractivity contribution is -0.141. The summed E-state index contributed by atoms with van der Waals surface area (Å²) in [5.41, 5.74) is 0.827. The predicted octanol–water partition coefficient (Wildman–Crippen LogP) is 1.96. The summed E-state index contributed by atoms with van der Waals surface area (Å²) in [4.78, 5) is 23.0. The molecular weight excluding hydrogens is 226 g/mol. The van der Waals surface area contributed by atoms with Gasteiger partial charge in [0, 0.05) is 11.0 Å². The van der Waals surface area contributed by atoms with E-state index >= 15 is 0 Å². The van der Waals surface area contributed by atoms with Crippen molar-refractivity contribution in [1.29, 1.82) is 0 Å². The van der Waals surface area contributed by atoms with E-state index in [1.807, 2.05) is 0 Å². The largest absolute Gasteiger partial charge is 0.479 e. The molecule has 0 spiro atoms. The van der Waals surface area contributed by atoms with Gasteiger partial charge in [0.05, 0.1) is 0 Å². The van der Waals surface area contributed by atoms with Crippen molar-refractivity contribution in [3.8, 4) is 0 Å². The van der Waals surface area contributed by atoms with E-state index in [2.05, 4.69) is 5.32 Å². The molecule has 1 aromatic heterocycles. The van der Waals surface area contributed by atoms with Gasteiger partial charge in [-0.2, -0.15) is 0 Å². The maximum atomic E-state index is 11.4. The minimum absolute atomic E-state index is 0.388. The standard InChI is InChI=1S/C11H13NO3S/c1-7(2)6-9(13)12-10(11(14)15)8-4-3-5-16-8/h3-6,10H,1-2H3,(H,12,13)(H,14,15). The van der Waals surface area contributed by atoms with Gasteiger partial charge >= 0.3 is 5.97 Å². The van der Waals surface area contributed by atoms with Crippen molar-refractivity contribution in [2.24, 2.45) is 0 Å². The van der Waals surface area contributed by atoms with Crippen molar-refractivity contribution < 1.29 is 14.7 Å². The van der Waals surface area contributed by atoms with Gasteiger partial charge in [-0.25, -0.2) is 4.79 Å². The third kappa shape index (κ3) is 3.51. The molecule has 0 bridgehead atoms. The molecule has 1 unspecified atom stereocenters. The van der Waals surface area contributed by atoms with Crippen LogP contribution in [0.5, 0.6) is 0 Å². The minimum atomic E-state index is -1.06. The third-order valence-corrected chi connectivity index (χ3v) is 2.72. The van der Waals surface area contributed by atoms with Crippen LogP contribution in [0.1, 0.15) is 24.8 Å². The molecule has 2 N–H and O–H groups in total. The highest BCUT2D eigenvalue weighted by Crippen LogP contribution is 2.19. The van der Waals surface area contributed by atoms with Gasteiger partial charge < -0.3 is 10.4 Å². The molecule has 16 heavy (non-hydrogen) atoms. The number of carbonyl (C=O) groups is 2. The Kier molecular flexibility index (Phi) is 4.25. The normalized spacial score (nSPS) is 11.6. The maximum absolute atomic E-state index is 11.4. The lowest BCUT2D eigenvalue weighted by Crippen LogP contribution is -2.32. The Morgan fingerprint density at radius 2 is 2.19 bits per heavy atom. The molecule has 4 nitrogen and oxygen atoms in total. The number of allylic oxidation sites excluding steroid dienone is 1. The predicted molar refractivity (Wildman–Crippen MR) is 62.3 cm³/mol. The van der Waals surface area contributed by atoms with Crippen molar-refractivity contribution in [3.63, 3.8) is 0 Å². The summed E-state index contributed by atoms with van der Waals surface area (Å²) in [6.45, 7) is 3.56. The number of carboxylic acids is 1. The van der Waals surface area contributed by atoms with Gasteiger partial charge in [-0.15, -0.1) is 11.3 Å². The van der Waals surface area contributed by atoms with Crippen LogP contribution in [0, 0.1) is 0 Å². The highest BCUT2D eigenvalue weighted by atomic mass is 32.1.